The maximum Gasteiger partial charge on any atom is 0.0932 e. The lowest BCUT2D eigenvalue weighted by Crippen LogP contribution is -1.97. The summed E-state index contributed by atoms with van der Waals surface area (Å²) in [6.45, 7) is 1.72. The van der Waals surface area contributed by atoms with E-state index < -0.39 is 6.10 Å². The molecule has 0 saturated carbocycles. The van der Waals surface area contributed by atoms with E-state index >= 15 is 0 Å². The number of hydrogen-bond donors (Lipinski definition) is 1. The molecule has 1 aromatic carbocycles. The van der Waals surface area contributed by atoms with Gasteiger partial charge < -0.3 is 5.11 Å². The van der Waals surface area contributed by atoms with E-state index in [1.165, 1.54) is 0 Å². The van der Waals surface area contributed by atoms with Crippen molar-refractivity contribution in [2.45, 2.75) is 13.0 Å². The number of benzene rings is 1. The van der Waals surface area contributed by atoms with Crippen LogP contribution in [-0.4, -0.2) is 15.1 Å². The van der Waals surface area contributed by atoms with Crippen LogP contribution in [0.3, 0.4) is 0 Å². The fourth-order valence-corrected chi connectivity index (χ4v) is 2.15. The molecule has 3 nitrogen and oxygen atoms in total. The van der Waals surface area contributed by atoms with Crippen molar-refractivity contribution >= 4 is 10.9 Å². The molecule has 0 amide bonds. The van der Waals surface area contributed by atoms with Crippen LogP contribution < -0.4 is 0 Å². The summed E-state index contributed by atoms with van der Waals surface area (Å²) in [6, 6.07) is 15.7. The fraction of sp³-hybridized carbons (Fsp3) is 0.125. The Balaban J connectivity index is 2.22. The molecule has 2 aromatic heterocycles. The molecule has 0 bridgehead atoms. The van der Waals surface area contributed by atoms with Gasteiger partial charge >= 0.3 is 0 Å². The lowest BCUT2D eigenvalue weighted by Gasteiger charge is -2.08. The zero-order chi connectivity index (χ0) is 13.2. The normalized spacial score (nSPS) is 12.5. The van der Waals surface area contributed by atoms with Crippen molar-refractivity contribution in [2.75, 3.05) is 0 Å². The molecule has 0 radical (unpaired) electrons. The first-order valence-corrected chi connectivity index (χ1v) is 6.25. The molecule has 3 heteroatoms. The lowest BCUT2D eigenvalue weighted by atomic mass is 10.1. The SMILES string of the molecule is C[C@@H](O)c1cccc(-c2cccc3cccnc23)n1. The van der Waals surface area contributed by atoms with Gasteiger partial charge in [-0.05, 0) is 25.1 Å². The molecule has 0 spiro atoms. The standard InChI is InChI=1S/C16H14N2O/c1-11(19)14-8-3-9-15(18-14)13-7-2-5-12-6-4-10-17-16(12)13/h2-11,19H,1H3/t11-/m1/s1. The number of para-hydroxylation sites is 1. The minimum Gasteiger partial charge on any atom is -0.387 e. The molecule has 0 unspecified atom stereocenters. The van der Waals surface area contributed by atoms with Crippen LogP contribution in [0.15, 0.2) is 54.7 Å². The maximum atomic E-state index is 9.63. The number of pyridine rings is 2. The molecule has 0 aliphatic heterocycles. The van der Waals surface area contributed by atoms with Crippen LogP contribution in [0.25, 0.3) is 22.2 Å². The number of aromatic nitrogens is 2. The van der Waals surface area contributed by atoms with Gasteiger partial charge in [-0.1, -0.05) is 30.3 Å². The second-order valence-electron chi connectivity index (χ2n) is 4.50. The van der Waals surface area contributed by atoms with Gasteiger partial charge in [0, 0.05) is 17.1 Å². The highest BCUT2D eigenvalue weighted by atomic mass is 16.3. The molecule has 0 fully saturated rings. The second-order valence-corrected chi connectivity index (χ2v) is 4.50. The summed E-state index contributed by atoms with van der Waals surface area (Å²) in [5.41, 5.74) is 3.42. The summed E-state index contributed by atoms with van der Waals surface area (Å²) in [7, 11) is 0. The summed E-state index contributed by atoms with van der Waals surface area (Å²) < 4.78 is 0. The number of nitrogens with zero attached hydrogens (tertiary/aromatic N) is 2. The number of aliphatic hydroxyl groups is 1. The van der Waals surface area contributed by atoms with E-state index in [0.29, 0.717) is 5.69 Å². The van der Waals surface area contributed by atoms with Crippen molar-refractivity contribution in [1.29, 1.82) is 0 Å². The zero-order valence-corrected chi connectivity index (χ0v) is 10.6. The minimum absolute atomic E-state index is 0.567. The van der Waals surface area contributed by atoms with Crippen LogP contribution >= 0.6 is 0 Å². The monoisotopic (exact) mass is 250 g/mol. The Morgan fingerprint density at radius 1 is 1.00 bits per heavy atom. The third kappa shape index (κ3) is 2.20. The first-order chi connectivity index (χ1) is 9.25. The molecular formula is C16H14N2O. The minimum atomic E-state index is -0.567. The van der Waals surface area contributed by atoms with Crippen LogP contribution in [0, 0.1) is 0 Å². The molecule has 1 N–H and O–H groups in total. The molecule has 0 aliphatic carbocycles. The Kier molecular flexibility index (Phi) is 2.97. The van der Waals surface area contributed by atoms with E-state index in [9.17, 15) is 5.11 Å². The first-order valence-electron chi connectivity index (χ1n) is 6.25. The predicted octanol–water partition coefficient (Wildman–Crippen LogP) is 3.35. The summed E-state index contributed by atoms with van der Waals surface area (Å²) in [4.78, 5) is 8.93. The summed E-state index contributed by atoms with van der Waals surface area (Å²) in [5.74, 6) is 0. The predicted molar refractivity (Wildman–Crippen MR) is 75.6 cm³/mol. The quantitative estimate of drug-likeness (QED) is 0.758. The third-order valence-electron chi connectivity index (χ3n) is 3.11. The number of rotatable bonds is 2. The highest BCUT2D eigenvalue weighted by Gasteiger charge is 2.08. The van der Waals surface area contributed by atoms with Crippen molar-refractivity contribution < 1.29 is 5.11 Å². The highest BCUT2D eigenvalue weighted by Crippen LogP contribution is 2.26. The van der Waals surface area contributed by atoms with Crippen molar-refractivity contribution in [3.05, 3.63) is 60.4 Å². The Morgan fingerprint density at radius 2 is 1.79 bits per heavy atom. The van der Waals surface area contributed by atoms with Gasteiger partial charge in [0.05, 0.1) is 23.0 Å². The van der Waals surface area contributed by atoms with E-state index in [4.69, 9.17) is 0 Å². The van der Waals surface area contributed by atoms with E-state index in [0.717, 1.165) is 22.2 Å². The fourth-order valence-electron chi connectivity index (χ4n) is 2.15. The van der Waals surface area contributed by atoms with Crippen molar-refractivity contribution in [3.8, 4) is 11.3 Å². The van der Waals surface area contributed by atoms with Crippen LogP contribution in [0.4, 0.5) is 0 Å². The molecule has 0 aliphatic rings. The van der Waals surface area contributed by atoms with Gasteiger partial charge in [0.1, 0.15) is 0 Å². The van der Waals surface area contributed by atoms with Gasteiger partial charge in [-0.3, -0.25) is 9.97 Å². The van der Waals surface area contributed by atoms with Gasteiger partial charge in [0.15, 0.2) is 0 Å². The Morgan fingerprint density at radius 3 is 2.63 bits per heavy atom. The van der Waals surface area contributed by atoms with Gasteiger partial charge in [-0.2, -0.15) is 0 Å². The Bertz CT molecular complexity index is 717. The van der Waals surface area contributed by atoms with E-state index in [-0.39, 0.29) is 0 Å². The van der Waals surface area contributed by atoms with E-state index in [2.05, 4.69) is 9.97 Å². The second kappa shape index (κ2) is 4.78. The van der Waals surface area contributed by atoms with Gasteiger partial charge in [0.25, 0.3) is 0 Å². The number of hydrogen-bond acceptors (Lipinski definition) is 3. The molecule has 3 rings (SSSR count). The van der Waals surface area contributed by atoms with Crippen LogP contribution in [0.1, 0.15) is 18.7 Å². The zero-order valence-electron chi connectivity index (χ0n) is 10.6. The topological polar surface area (TPSA) is 46.0 Å². The first kappa shape index (κ1) is 11.8. The number of aliphatic hydroxyl groups excluding tert-OH is 1. The van der Waals surface area contributed by atoms with Crippen molar-refractivity contribution in [2.24, 2.45) is 0 Å². The smallest absolute Gasteiger partial charge is 0.0932 e. The van der Waals surface area contributed by atoms with E-state index in [1.807, 2.05) is 48.5 Å². The average molecular weight is 250 g/mol. The van der Waals surface area contributed by atoms with Crippen LogP contribution in [-0.2, 0) is 0 Å². The van der Waals surface area contributed by atoms with Gasteiger partial charge in [-0.25, -0.2) is 0 Å². The summed E-state index contributed by atoms with van der Waals surface area (Å²) in [5, 5.41) is 10.7. The molecular weight excluding hydrogens is 236 g/mol. The largest absolute Gasteiger partial charge is 0.387 e. The van der Waals surface area contributed by atoms with Crippen molar-refractivity contribution in [1.82, 2.24) is 9.97 Å². The molecule has 0 saturated heterocycles. The molecule has 3 aromatic rings. The number of fused-ring (bicyclic) bond motifs is 1. The van der Waals surface area contributed by atoms with Crippen LogP contribution in [0.2, 0.25) is 0 Å². The Labute approximate surface area is 111 Å². The van der Waals surface area contributed by atoms with Crippen LogP contribution in [0.5, 0.6) is 0 Å². The summed E-state index contributed by atoms with van der Waals surface area (Å²) >= 11 is 0. The highest BCUT2D eigenvalue weighted by molar-refractivity contribution is 5.92. The average Bonchev–Trinajstić information content (AvgIpc) is 2.47. The third-order valence-corrected chi connectivity index (χ3v) is 3.11. The molecule has 19 heavy (non-hydrogen) atoms. The lowest BCUT2D eigenvalue weighted by molar-refractivity contribution is 0.194. The van der Waals surface area contributed by atoms with Gasteiger partial charge in [0.2, 0.25) is 0 Å². The molecule has 2 heterocycles. The van der Waals surface area contributed by atoms with Gasteiger partial charge in [-0.15, -0.1) is 0 Å². The molecule has 94 valence electrons. The Hall–Kier alpha value is -2.26. The van der Waals surface area contributed by atoms with E-state index in [1.54, 1.807) is 13.1 Å². The molecule has 1 atom stereocenters. The summed E-state index contributed by atoms with van der Waals surface area (Å²) in [6.07, 6.45) is 1.22. The van der Waals surface area contributed by atoms with Crippen molar-refractivity contribution in [3.63, 3.8) is 0 Å². The maximum absolute atomic E-state index is 9.63.